The van der Waals surface area contributed by atoms with Gasteiger partial charge < -0.3 is 15.4 Å². The van der Waals surface area contributed by atoms with Crippen molar-refractivity contribution >= 4 is 5.91 Å². The molecule has 1 amide bonds. The fraction of sp³-hybridized carbons (Fsp3) is 0.810. The van der Waals surface area contributed by atoms with E-state index >= 15 is 0 Å². The molecule has 5 aliphatic rings. The molecule has 0 aromatic heterocycles. The smallest absolute Gasteiger partial charge is 0.263 e. The van der Waals surface area contributed by atoms with Gasteiger partial charge >= 0.3 is 0 Å². The first-order valence-corrected chi connectivity index (χ1v) is 10.3. The van der Waals surface area contributed by atoms with E-state index in [9.17, 15) is 10.1 Å². The van der Waals surface area contributed by atoms with Crippen molar-refractivity contribution in [2.75, 3.05) is 13.2 Å². The first-order valence-electron chi connectivity index (χ1n) is 10.3. The van der Waals surface area contributed by atoms with Gasteiger partial charge in [-0.1, -0.05) is 0 Å². The van der Waals surface area contributed by atoms with Crippen LogP contribution in [0.5, 0.6) is 0 Å². The van der Waals surface area contributed by atoms with Crippen LogP contribution in [0.25, 0.3) is 0 Å². The average molecular weight is 357 g/mol. The fourth-order valence-corrected chi connectivity index (χ4v) is 6.35. The van der Waals surface area contributed by atoms with Crippen molar-refractivity contribution in [3.63, 3.8) is 0 Å². The Kier molecular flexibility index (Phi) is 4.96. The first-order chi connectivity index (χ1) is 12.6. The molecular weight excluding hydrogens is 326 g/mol. The second-order valence-electron chi connectivity index (χ2n) is 9.18. The molecule has 1 aliphatic heterocycles. The summed E-state index contributed by atoms with van der Waals surface area (Å²) in [5.74, 6) is 2.41. The number of nitriles is 1. The van der Waals surface area contributed by atoms with Crippen molar-refractivity contribution in [3.8, 4) is 6.07 Å². The summed E-state index contributed by atoms with van der Waals surface area (Å²) < 4.78 is 5.52. The number of hydrogen-bond acceptors (Lipinski definition) is 4. The highest BCUT2D eigenvalue weighted by Crippen LogP contribution is 2.61. The molecule has 5 rings (SSSR count). The van der Waals surface area contributed by atoms with Gasteiger partial charge in [-0.05, 0) is 81.5 Å². The van der Waals surface area contributed by atoms with Gasteiger partial charge in [0, 0.05) is 25.4 Å². The lowest BCUT2D eigenvalue weighted by molar-refractivity contribution is -0.117. The summed E-state index contributed by atoms with van der Waals surface area (Å²) in [5.41, 5.74) is 0.527. The van der Waals surface area contributed by atoms with E-state index < -0.39 is 0 Å². The summed E-state index contributed by atoms with van der Waals surface area (Å²) in [5, 5.41) is 15.6. The Bertz CT molecular complexity index is 580. The zero-order valence-corrected chi connectivity index (χ0v) is 15.8. The van der Waals surface area contributed by atoms with Gasteiger partial charge in [0.25, 0.3) is 5.91 Å². The van der Waals surface area contributed by atoms with E-state index in [2.05, 4.69) is 23.6 Å². The molecule has 1 heterocycles. The maximum absolute atomic E-state index is 12.3. The summed E-state index contributed by atoms with van der Waals surface area (Å²) in [7, 11) is 0. The largest absolute Gasteiger partial charge is 0.387 e. The third-order valence-corrected chi connectivity index (χ3v) is 7.36. The number of amides is 1. The molecule has 0 radical (unpaired) electrons. The van der Waals surface area contributed by atoms with Crippen LogP contribution < -0.4 is 10.6 Å². The highest BCUT2D eigenvalue weighted by molar-refractivity contribution is 5.97. The predicted octanol–water partition coefficient (Wildman–Crippen LogP) is 2.88. The third kappa shape index (κ3) is 3.49. The lowest BCUT2D eigenvalue weighted by atomic mass is 9.48. The van der Waals surface area contributed by atoms with Crippen molar-refractivity contribution in [1.82, 2.24) is 10.6 Å². The SMILES string of the molecule is CC(N/C=C(/C#N)C(=O)NCC1CCCO1)C12CC3CC(CC(C3)C1)C2. The Hall–Kier alpha value is -1.54. The van der Waals surface area contributed by atoms with Crippen LogP contribution >= 0.6 is 0 Å². The molecule has 26 heavy (non-hydrogen) atoms. The van der Waals surface area contributed by atoms with Gasteiger partial charge in [-0.25, -0.2) is 0 Å². The lowest BCUT2D eigenvalue weighted by Crippen LogP contribution is -2.54. The molecule has 2 unspecified atom stereocenters. The summed E-state index contributed by atoms with van der Waals surface area (Å²) in [6, 6.07) is 2.36. The van der Waals surface area contributed by atoms with E-state index in [0.29, 0.717) is 18.0 Å². The fourth-order valence-electron chi connectivity index (χ4n) is 6.35. The van der Waals surface area contributed by atoms with Crippen LogP contribution in [0.15, 0.2) is 11.8 Å². The monoisotopic (exact) mass is 357 g/mol. The van der Waals surface area contributed by atoms with E-state index in [1.165, 1.54) is 38.5 Å². The topological polar surface area (TPSA) is 74.2 Å². The molecule has 5 fully saturated rings. The molecule has 0 aromatic rings. The van der Waals surface area contributed by atoms with E-state index in [0.717, 1.165) is 37.2 Å². The number of rotatable bonds is 6. The van der Waals surface area contributed by atoms with E-state index in [4.69, 9.17) is 4.74 Å². The van der Waals surface area contributed by atoms with Crippen LogP contribution in [0.1, 0.15) is 58.3 Å². The second kappa shape index (κ2) is 7.23. The third-order valence-electron chi connectivity index (χ3n) is 7.36. The Labute approximate surface area is 156 Å². The minimum atomic E-state index is -0.298. The van der Waals surface area contributed by atoms with Crippen LogP contribution in [0, 0.1) is 34.5 Å². The molecule has 4 saturated carbocycles. The van der Waals surface area contributed by atoms with Gasteiger partial charge in [0.1, 0.15) is 11.6 Å². The van der Waals surface area contributed by atoms with Crippen molar-refractivity contribution < 1.29 is 9.53 Å². The highest BCUT2D eigenvalue weighted by atomic mass is 16.5. The predicted molar refractivity (Wildman–Crippen MR) is 98.9 cm³/mol. The number of ether oxygens (including phenoxy) is 1. The normalized spacial score (nSPS) is 39.5. The summed E-state index contributed by atoms with van der Waals surface area (Å²) in [6.07, 6.45) is 12.0. The van der Waals surface area contributed by atoms with Crippen LogP contribution in [-0.4, -0.2) is 31.2 Å². The minimum Gasteiger partial charge on any atom is -0.387 e. The van der Waals surface area contributed by atoms with Gasteiger partial charge in [-0.15, -0.1) is 0 Å². The van der Waals surface area contributed by atoms with E-state index in [1.54, 1.807) is 6.20 Å². The number of nitrogens with one attached hydrogen (secondary N) is 2. The summed E-state index contributed by atoms with van der Waals surface area (Å²) in [4.78, 5) is 12.3. The molecular formula is C21H31N3O2. The maximum Gasteiger partial charge on any atom is 0.263 e. The Morgan fingerprint density at radius 3 is 2.46 bits per heavy atom. The Morgan fingerprint density at radius 2 is 1.92 bits per heavy atom. The van der Waals surface area contributed by atoms with Gasteiger partial charge in [-0.3, -0.25) is 4.79 Å². The zero-order chi connectivity index (χ0) is 18.1. The standard InChI is InChI=1S/C21H31N3O2/c1-14(21-8-15-5-16(9-21)7-17(6-15)10-21)23-12-18(11-22)20(25)24-13-19-3-2-4-26-19/h12,14-17,19,23H,2-10,13H2,1H3,(H,24,25)/b18-12-. The van der Waals surface area contributed by atoms with Crippen molar-refractivity contribution in [1.29, 1.82) is 5.26 Å². The van der Waals surface area contributed by atoms with Crippen LogP contribution in [0.2, 0.25) is 0 Å². The van der Waals surface area contributed by atoms with Gasteiger partial charge in [0.05, 0.1) is 6.10 Å². The molecule has 5 nitrogen and oxygen atoms in total. The molecule has 2 N–H and O–H groups in total. The molecule has 4 bridgehead atoms. The van der Waals surface area contributed by atoms with Crippen LogP contribution in [-0.2, 0) is 9.53 Å². The van der Waals surface area contributed by atoms with Crippen molar-refractivity contribution in [2.45, 2.75) is 70.4 Å². The van der Waals surface area contributed by atoms with Crippen LogP contribution in [0.4, 0.5) is 0 Å². The van der Waals surface area contributed by atoms with Crippen LogP contribution in [0.3, 0.4) is 0 Å². The Morgan fingerprint density at radius 1 is 1.27 bits per heavy atom. The number of nitrogens with zero attached hydrogens (tertiary/aromatic N) is 1. The number of carbonyl (C=O) groups is 1. The average Bonchev–Trinajstić information content (AvgIpc) is 3.12. The van der Waals surface area contributed by atoms with E-state index in [-0.39, 0.29) is 17.6 Å². The summed E-state index contributed by atoms with van der Waals surface area (Å²) in [6.45, 7) is 3.50. The number of hydrogen-bond donors (Lipinski definition) is 2. The highest BCUT2D eigenvalue weighted by Gasteiger charge is 2.53. The minimum absolute atomic E-state index is 0.0952. The molecule has 0 spiro atoms. The van der Waals surface area contributed by atoms with Gasteiger partial charge in [0.2, 0.25) is 0 Å². The van der Waals surface area contributed by atoms with E-state index in [1.807, 2.05) is 0 Å². The molecule has 5 heteroatoms. The molecule has 0 aromatic carbocycles. The lowest BCUT2D eigenvalue weighted by Gasteiger charge is -2.59. The zero-order valence-electron chi connectivity index (χ0n) is 15.8. The van der Waals surface area contributed by atoms with Crippen molar-refractivity contribution in [2.24, 2.45) is 23.2 Å². The maximum atomic E-state index is 12.3. The molecule has 2 atom stereocenters. The second-order valence-corrected chi connectivity index (χ2v) is 9.18. The summed E-state index contributed by atoms with van der Waals surface area (Å²) >= 11 is 0. The molecule has 142 valence electrons. The van der Waals surface area contributed by atoms with Gasteiger partial charge in [-0.2, -0.15) is 5.26 Å². The molecule has 4 aliphatic carbocycles. The molecule has 1 saturated heterocycles. The quantitative estimate of drug-likeness (QED) is 0.566. The van der Waals surface area contributed by atoms with Gasteiger partial charge in [0.15, 0.2) is 0 Å². The number of carbonyl (C=O) groups excluding carboxylic acids is 1. The van der Waals surface area contributed by atoms with Crippen molar-refractivity contribution in [3.05, 3.63) is 11.8 Å². The first kappa shape index (κ1) is 17.9. The Balaban J connectivity index is 1.34.